The van der Waals surface area contributed by atoms with Gasteiger partial charge in [0.05, 0.1) is 22.2 Å². The lowest BCUT2D eigenvalue weighted by Gasteiger charge is -2.31. The molecule has 1 atom stereocenters. The molecule has 0 fully saturated rings. The summed E-state index contributed by atoms with van der Waals surface area (Å²) in [5.74, 6) is -0.769. The van der Waals surface area contributed by atoms with Crippen LogP contribution in [0.15, 0.2) is 29.4 Å². The van der Waals surface area contributed by atoms with Crippen molar-refractivity contribution in [3.05, 3.63) is 35.5 Å². The number of hydrogen-bond acceptors (Lipinski definition) is 6. The van der Waals surface area contributed by atoms with E-state index in [-0.39, 0.29) is 23.7 Å². The Hall–Kier alpha value is -2.82. The number of benzene rings is 1. The molecule has 0 saturated heterocycles. The Morgan fingerprint density at radius 1 is 1.32 bits per heavy atom. The van der Waals surface area contributed by atoms with Crippen molar-refractivity contribution in [1.29, 1.82) is 0 Å². The fourth-order valence-electron chi connectivity index (χ4n) is 2.71. The van der Waals surface area contributed by atoms with E-state index >= 15 is 0 Å². The number of halogens is 3. The van der Waals surface area contributed by atoms with Crippen molar-refractivity contribution in [1.82, 2.24) is 9.97 Å². The highest BCUT2D eigenvalue weighted by atomic mass is 32.2. The number of amides is 2. The van der Waals surface area contributed by atoms with Gasteiger partial charge in [-0.05, 0) is 32.0 Å². The average Bonchev–Trinajstić information content (AvgIpc) is 2.58. The van der Waals surface area contributed by atoms with Crippen LogP contribution >= 0.6 is 11.8 Å². The summed E-state index contributed by atoms with van der Waals surface area (Å²) in [5.41, 5.74) is 5.55. The molecule has 2 heterocycles. The lowest BCUT2D eigenvalue weighted by Crippen LogP contribution is -2.45. The molecule has 0 radical (unpaired) electrons. The minimum absolute atomic E-state index is 0.0623. The number of rotatable bonds is 3. The maximum absolute atomic E-state index is 12.9. The monoisotopic (exact) mass is 411 g/mol. The van der Waals surface area contributed by atoms with E-state index in [1.807, 2.05) is 0 Å². The highest BCUT2D eigenvalue weighted by Crippen LogP contribution is 2.37. The lowest BCUT2D eigenvalue weighted by molar-refractivity contribution is -0.137. The van der Waals surface area contributed by atoms with Crippen LogP contribution in [-0.2, 0) is 15.8 Å². The summed E-state index contributed by atoms with van der Waals surface area (Å²) in [5, 5.41) is 1.99. The molecule has 0 unspecified atom stereocenters. The van der Waals surface area contributed by atoms with Crippen LogP contribution in [0.1, 0.15) is 18.2 Å². The molecule has 0 saturated carbocycles. The molecule has 1 aromatic carbocycles. The SMILES string of the molecule is Cc1cc(N)nc(S[C@H](C)C(=O)N2CC(=O)Nc3cc(C(F)(F)F)ccc32)n1. The zero-order valence-electron chi connectivity index (χ0n) is 14.9. The Kier molecular flexibility index (Phi) is 5.20. The normalized spacial score (nSPS) is 15.0. The van der Waals surface area contributed by atoms with Crippen molar-refractivity contribution < 1.29 is 22.8 Å². The number of nitrogens with two attached hydrogens (primary N) is 1. The van der Waals surface area contributed by atoms with Crippen LogP contribution < -0.4 is 16.0 Å². The second kappa shape index (κ2) is 7.30. The van der Waals surface area contributed by atoms with Gasteiger partial charge in [-0.2, -0.15) is 13.2 Å². The molecule has 0 spiro atoms. The molecule has 1 aliphatic heterocycles. The zero-order chi connectivity index (χ0) is 20.6. The summed E-state index contributed by atoms with van der Waals surface area (Å²) in [6.45, 7) is 3.04. The molecule has 148 valence electrons. The second-order valence-corrected chi connectivity index (χ2v) is 7.49. The standard InChI is InChI=1S/C17H16F3N5O2S/c1-8-5-13(21)24-16(22-8)28-9(2)15(27)25-7-14(26)23-11-6-10(17(18,19)20)3-4-12(11)25/h3-6,9H,7H2,1-2H3,(H,23,26)(H2,21,22,24)/t9-/m1/s1. The Labute approximate surface area is 162 Å². The minimum Gasteiger partial charge on any atom is -0.384 e. The summed E-state index contributed by atoms with van der Waals surface area (Å²) in [7, 11) is 0. The molecular formula is C17H16F3N5O2S. The third-order valence-corrected chi connectivity index (χ3v) is 4.89. The Morgan fingerprint density at radius 2 is 2.04 bits per heavy atom. The molecule has 1 aliphatic rings. The smallest absolute Gasteiger partial charge is 0.384 e. The molecule has 0 aliphatic carbocycles. The zero-order valence-corrected chi connectivity index (χ0v) is 15.7. The van der Waals surface area contributed by atoms with E-state index in [0.717, 1.165) is 28.8 Å². The van der Waals surface area contributed by atoms with Gasteiger partial charge in [0.2, 0.25) is 11.8 Å². The van der Waals surface area contributed by atoms with Crippen LogP contribution in [0.25, 0.3) is 0 Å². The van der Waals surface area contributed by atoms with Crippen LogP contribution in [0, 0.1) is 6.92 Å². The summed E-state index contributed by atoms with van der Waals surface area (Å²) >= 11 is 1.05. The maximum atomic E-state index is 12.9. The molecule has 1 aromatic heterocycles. The van der Waals surface area contributed by atoms with Crippen LogP contribution in [0.4, 0.5) is 30.4 Å². The number of carbonyl (C=O) groups is 2. The van der Waals surface area contributed by atoms with Gasteiger partial charge in [0, 0.05) is 11.8 Å². The highest BCUT2D eigenvalue weighted by Gasteiger charge is 2.35. The van der Waals surface area contributed by atoms with E-state index in [0.29, 0.717) is 10.9 Å². The van der Waals surface area contributed by atoms with Crippen LogP contribution in [-0.4, -0.2) is 33.6 Å². The van der Waals surface area contributed by atoms with Crippen molar-refractivity contribution >= 4 is 40.8 Å². The van der Waals surface area contributed by atoms with E-state index in [4.69, 9.17) is 5.73 Å². The number of aryl methyl sites for hydroxylation is 1. The summed E-state index contributed by atoms with van der Waals surface area (Å²) < 4.78 is 38.8. The number of nitrogens with one attached hydrogen (secondary N) is 1. The molecule has 28 heavy (non-hydrogen) atoms. The third kappa shape index (κ3) is 4.19. The number of alkyl halides is 3. The van der Waals surface area contributed by atoms with Crippen molar-refractivity contribution in [3.63, 3.8) is 0 Å². The first-order valence-corrected chi connectivity index (χ1v) is 9.03. The molecule has 3 rings (SSSR count). The number of aromatic nitrogens is 2. The van der Waals surface area contributed by atoms with Crippen LogP contribution in [0.3, 0.4) is 0 Å². The minimum atomic E-state index is -4.56. The predicted octanol–water partition coefficient (Wildman–Crippen LogP) is 2.85. The van der Waals surface area contributed by atoms with Gasteiger partial charge in [0.25, 0.3) is 0 Å². The largest absolute Gasteiger partial charge is 0.416 e. The van der Waals surface area contributed by atoms with E-state index in [2.05, 4.69) is 15.3 Å². The molecule has 0 bridgehead atoms. The van der Waals surface area contributed by atoms with Crippen molar-refractivity contribution in [2.24, 2.45) is 0 Å². The quantitative estimate of drug-likeness (QED) is 0.595. The number of thioether (sulfide) groups is 1. The fourth-order valence-corrected chi connectivity index (χ4v) is 3.61. The predicted molar refractivity (Wildman–Crippen MR) is 98.9 cm³/mol. The number of carbonyl (C=O) groups excluding carboxylic acids is 2. The van der Waals surface area contributed by atoms with E-state index in [1.165, 1.54) is 6.07 Å². The first kappa shape index (κ1) is 19.9. The number of nitrogen functional groups attached to an aromatic ring is 1. The van der Waals surface area contributed by atoms with Crippen molar-refractivity contribution in [2.45, 2.75) is 30.4 Å². The lowest BCUT2D eigenvalue weighted by atomic mass is 10.1. The summed E-state index contributed by atoms with van der Waals surface area (Å²) in [4.78, 5) is 34.2. The Bertz CT molecular complexity index is 931. The molecule has 7 nitrogen and oxygen atoms in total. The van der Waals surface area contributed by atoms with Crippen molar-refractivity contribution in [3.8, 4) is 0 Å². The van der Waals surface area contributed by atoms with Crippen LogP contribution in [0.5, 0.6) is 0 Å². The fraction of sp³-hybridized carbons (Fsp3) is 0.294. The van der Waals surface area contributed by atoms with Gasteiger partial charge in [-0.15, -0.1) is 0 Å². The summed E-state index contributed by atoms with van der Waals surface area (Å²) in [6, 6.07) is 4.45. The number of fused-ring (bicyclic) bond motifs is 1. The van der Waals surface area contributed by atoms with Gasteiger partial charge in [-0.3, -0.25) is 14.5 Å². The van der Waals surface area contributed by atoms with Gasteiger partial charge in [-0.25, -0.2) is 9.97 Å². The molecule has 2 amide bonds. The third-order valence-electron chi connectivity index (χ3n) is 3.94. The first-order chi connectivity index (χ1) is 13.0. The van der Waals surface area contributed by atoms with Gasteiger partial charge < -0.3 is 11.1 Å². The highest BCUT2D eigenvalue weighted by molar-refractivity contribution is 8.00. The average molecular weight is 411 g/mol. The van der Waals surface area contributed by atoms with E-state index in [1.54, 1.807) is 19.9 Å². The number of nitrogens with zero attached hydrogens (tertiary/aromatic N) is 3. The first-order valence-electron chi connectivity index (χ1n) is 8.15. The maximum Gasteiger partial charge on any atom is 0.416 e. The number of anilines is 3. The molecular weight excluding hydrogens is 395 g/mol. The van der Waals surface area contributed by atoms with Crippen LogP contribution in [0.2, 0.25) is 0 Å². The Morgan fingerprint density at radius 3 is 2.68 bits per heavy atom. The Balaban J connectivity index is 1.87. The molecule has 11 heteroatoms. The topological polar surface area (TPSA) is 101 Å². The van der Waals surface area contributed by atoms with E-state index < -0.39 is 28.8 Å². The molecule has 2 aromatic rings. The van der Waals surface area contributed by atoms with E-state index in [9.17, 15) is 22.8 Å². The van der Waals surface area contributed by atoms with Crippen molar-refractivity contribution in [2.75, 3.05) is 22.5 Å². The second-order valence-electron chi connectivity index (χ2n) is 6.18. The van der Waals surface area contributed by atoms with Gasteiger partial charge >= 0.3 is 6.18 Å². The number of hydrogen-bond donors (Lipinski definition) is 2. The van der Waals surface area contributed by atoms with Gasteiger partial charge in [0.15, 0.2) is 5.16 Å². The molecule has 3 N–H and O–H groups in total. The van der Waals surface area contributed by atoms with Gasteiger partial charge in [-0.1, -0.05) is 11.8 Å². The van der Waals surface area contributed by atoms with Gasteiger partial charge in [0.1, 0.15) is 12.4 Å². The summed E-state index contributed by atoms with van der Waals surface area (Å²) in [6.07, 6.45) is -4.56.